The molecule has 0 aromatic heterocycles. The Kier molecular flexibility index (Phi) is 9.81. The van der Waals surface area contributed by atoms with Crippen LogP contribution < -0.4 is 11.1 Å². The maximum atomic E-state index is 5.78. The van der Waals surface area contributed by atoms with Crippen molar-refractivity contribution in [2.75, 3.05) is 32.7 Å². The van der Waals surface area contributed by atoms with Gasteiger partial charge in [-0.25, -0.2) is 0 Å². The smallest absolute Gasteiger partial charge is 0.188 e. The second kappa shape index (κ2) is 9.83. The first-order valence-corrected chi connectivity index (χ1v) is 6.84. The number of hydrogen-bond acceptors (Lipinski definition) is 2. The highest BCUT2D eigenvalue weighted by molar-refractivity contribution is 14.0. The molecule has 0 aromatic rings. The average molecular weight is 368 g/mol. The summed E-state index contributed by atoms with van der Waals surface area (Å²) in [6.45, 7) is 11.9. The van der Waals surface area contributed by atoms with Crippen molar-refractivity contribution in [1.82, 2.24) is 10.2 Å². The normalized spacial score (nSPS) is 18.8. The Hall–Kier alpha value is -0.0400. The van der Waals surface area contributed by atoms with Crippen molar-refractivity contribution in [1.29, 1.82) is 0 Å². The van der Waals surface area contributed by atoms with Gasteiger partial charge < -0.3 is 16.0 Å². The fraction of sp³-hybridized carbons (Fsp3) is 0.923. The molecule has 0 spiro atoms. The molecule has 0 unspecified atom stereocenters. The molecule has 1 saturated heterocycles. The van der Waals surface area contributed by atoms with Gasteiger partial charge in [0.25, 0.3) is 0 Å². The Morgan fingerprint density at radius 3 is 2.56 bits per heavy atom. The Labute approximate surface area is 129 Å². The molecule has 1 aliphatic heterocycles. The minimum Gasteiger partial charge on any atom is -0.370 e. The lowest BCUT2D eigenvalue weighted by molar-refractivity contribution is 0.195. The first-order valence-electron chi connectivity index (χ1n) is 6.84. The van der Waals surface area contributed by atoms with Crippen molar-refractivity contribution in [3.63, 3.8) is 0 Å². The van der Waals surface area contributed by atoms with E-state index in [1.807, 2.05) is 0 Å². The van der Waals surface area contributed by atoms with E-state index in [0.29, 0.717) is 11.9 Å². The zero-order chi connectivity index (χ0) is 12.7. The van der Waals surface area contributed by atoms with Crippen molar-refractivity contribution in [3.8, 4) is 0 Å². The number of halogens is 1. The van der Waals surface area contributed by atoms with E-state index < -0.39 is 0 Å². The summed E-state index contributed by atoms with van der Waals surface area (Å²) < 4.78 is 0. The number of guanidine groups is 1. The van der Waals surface area contributed by atoms with Crippen LogP contribution in [0.2, 0.25) is 0 Å². The first kappa shape index (κ1) is 18.0. The quantitative estimate of drug-likeness (QED) is 0.443. The van der Waals surface area contributed by atoms with Gasteiger partial charge >= 0.3 is 0 Å². The second-order valence-corrected chi connectivity index (χ2v) is 5.57. The highest BCUT2D eigenvalue weighted by atomic mass is 127. The molecule has 0 radical (unpaired) electrons. The molecule has 18 heavy (non-hydrogen) atoms. The molecular formula is C13H29IN4. The van der Waals surface area contributed by atoms with E-state index in [-0.39, 0.29) is 24.0 Å². The average Bonchev–Trinajstić information content (AvgIpc) is 2.29. The number of hydrogen-bond donors (Lipinski definition) is 2. The van der Waals surface area contributed by atoms with Crippen LogP contribution in [-0.4, -0.2) is 43.6 Å². The van der Waals surface area contributed by atoms with Gasteiger partial charge in [0, 0.05) is 19.6 Å². The fourth-order valence-electron chi connectivity index (χ4n) is 1.96. The molecule has 1 heterocycles. The standard InChI is InChI=1S/C13H28N4.HI/c1-11(2)10-16-13(14)15-6-9-17-7-4-12(3)5-8-17;/h11-12H,4-10H2,1-3H3,(H3,14,15,16);1H. The molecule has 0 aliphatic carbocycles. The van der Waals surface area contributed by atoms with Crippen LogP contribution >= 0.6 is 24.0 Å². The van der Waals surface area contributed by atoms with Crippen molar-refractivity contribution < 1.29 is 0 Å². The van der Waals surface area contributed by atoms with Crippen molar-refractivity contribution in [2.24, 2.45) is 22.6 Å². The van der Waals surface area contributed by atoms with Gasteiger partial charge in [-0.1, -0.05) is 20.8 Å². The van der Waals surface area contributed by atoms with E-state index in [2.05, 4.69) is 36.0 Å². The summed E-state index contributed by atoms with van der Waals surface area (Å²) in [5, 5.41) is 3.18. The van der Waals surface area contributed by atoms with Gasteiger partial charge in [0.1, 0.15) is 0 Å². The molecule has 5 heteroatoms. The first-order chi connectivity index (χ1) is 8.08. The molecule has 108 valence electrons. The van der Waals surface area contributed by atoms with E-state index in [0.717, 1.165) is 25.6 Å². The summed E-state index contributed by atoms with van der Waals surface area (Å²) in [5.74, 6) is 2.06. The number of nitrogens with zero attached hydrogens (tertiary/aromatic N) is 2. The number of nitrogens with two attached hydrogens (primary N) is 1. The van der Waals surface area contributed by atoms with Gasteiger partial charge in [-0.3, -0.25) is 4.99 Å². The summed E-state index contributed by atoms with van der Waals surface area (Å²) in [6, 6.07) is 0. The Morgan fingerprint density at radius 2 is 2.00 bits per heavy atom. The zero-order valence-corrected chi connectivity index (χ0v) is 14.3. The number of aliphatic imine (C=N–C) groups is 1. The van der Waals surface area contributed by atoms with Crippen LogP contribution in [0, 0.1) is 11.8 Å². The van der Waals surface area contributed by atoms with E-state index in [1.165, 1.54) is 25.9 Å². The van der Waals surface area contributed by atoms with E-state index in [9.17, 15) is 0 Å². The Bertz CT molecular complexity index is 235. The Morgan fingerprint density at radius 1 is 1.39 bits per heavy atom. The van der Waals surface area contributed by atoms with E-state index in [1.54, 1.807) is 0 Å². The highest BCUT2D eigenvalue weighted by Gasteiger charge is 2.14. The van der Waals surface area contributed by atoms with Crippen molar-refractivity contribution in [3.05, 3.63) is 0 Å². The summed E-state index contributed by atoms with van der Waals surface area (Å²) in [5.41, 5.74) is 5.78. The van der Waals surface area contributed by atoms with E-state index >= 15 is 0 Å². The predicted octanol–water partition coefficient (Wildman–Crippen LogP) is 1.90. The summed E-state index contributed by atoms with van der Waals surface area (Å²) in [4.78, 5) is 6.79. The summed E-state index contributed by atoms with van der Waals surface area (Å²) in [7, 11) is 0. The molecule has 1 fully saturated rings. The monoisotopic (exact) mass is 368 g/mol. The van der Waals surface area contributed by atoms with Gasteiger partial charge in [0.2, 0.25) is 0 Å². The largest absolute Gasteiger partial charge is 0.370 e. The minimum absolute atomic E-state index is 0. The highest BCUT2D eigenvalue weighted by Crippen LogP contribution is 2.14. The zero-order valence-electron chi connectivity index (χ0n) is 12.0. The molecule has 0 atom stereocenters. The van der Waals surface area contributed by atoms with Crippen molar-refractivity contribution >= 4 is 29.9 Å². The van der Waals surface area contributed by atoms with Gasteiger partial charge in [0.05, 0.1) is 0 Å². The molecular weight excluding hydrogens is 339 g/mol. The Balaban J connectivity index is 0.00000289. The maximum Gasteiger partial charge on any atom is 0.188 e. The molecule has 0 aromatic carbocycles. The van der Waals surface area contributed by atoms with Gasteiger partial charge in [0.15, 0.2) is 5.96 Å². The van der Waals surface area contributed by atoms with Crippen LogP contribution in [-0.2, 0) is 0 Å². The molecule has 0 bridgehead atoms. The maximum absolute atomic E-state index is 5.78. The van der Waals surface area contributed by atoms with Crippen LogP contribution in [0.3, 0.4) is 0 Å². The summed E-state index contributed by atoms with van der Waals surface area (Å²) in [6.07, 6.45) is 2.66. The minimum atomic E-state index is 0. The van der Waals surface area contributed by atoms with Crippen LogP contribution in [0.25, 0.3) is 0 Å². The van der Waals surface area contributed by atoms with Crippen LogP contribution in [0.5, 0.6) is 0 Å². The molecule has 4 nitrogen and oxygen atoms in total. The van der Waals surface area contributed by atoms with Gasteiger partial charge in [-0.2, -0.15) is 0 Å². The molecule has 1 rings (SSSR count). The number of nitrogens with one attached hydrogen (secondary N) is 1. The molecule has 1 aliphatic rings. The second-order valence-electron chi connectivity index (χ2n) is 5.57. The number of piperidine rings is 1. The van der Waals surface area contributed by atoms with Crippen LogP contribution in [0.1, 0.15) is 33.6 Å². The third kappa shape index (κ3) is 8.13. The lowest BCUT2D eigenvalue weighted by Crippen LogP contribution is -2.41. The topological polar surface area (TPSA) is 53.6 Å². The third-order valence-electron chi connectivity index (χ3n) is 3.24. The lowest BCUT2D eigenvalue weighted by atomic mass is 9.99. The molecule has 0 amide bonds. The van der Waals surface area contributed by atoms with Crippen LogP contribution in [0.15, 0.2) is 4.99 Å². The number of rotatable bonds is 5. The van der Waals surface area contributed by atoms with Gasteiger partial charge in [-0.05, 0) is 37.8 Å². The SMILES string of the molecule is CC(C)CN=C(N)NCCN1CCC(C)CC1.I. The van der Waals surface area contributed by atoms with Gasteiger partial charge in [-0.15, -0.1) is 24.0 Å². The van der Waals surface area contributed by atoms with Crippen molar-refractivity contribution in [2.45, 2.75) is 33.6 Å². The lowest BCUT2D eigenvalue weighted by Gasteiger charge is -2.30. The number of likely N-dealkylation sites (tertiary alicyclic amines) is 1. The van der Waals surface area contributed by atoms with E-state index in [4.69, 9.17) is 5.73 Å². The molecule has 3 N–H and O–H groups in total. The third-order valence-corrected chi connectivity index (χ3v) is 3.24. The predicted molar refractivity (Wildman–Crippen MR) is 89.6 cm³/mol. The van der Waals surface area contributed by atoms with Crippen LogP contribution in [0.4, 0.5) is 0 Å². The fourth-order valence-corrected chi connectivity index (χ4v) is 1.96. The molecule has 0 saturated carbocycles. The summed E-state index contributed by atoms with van der Waals surface area (Å²) >= 11 is 0.